The molecule has 16 heavy (non-hydrogen) atoms. The van der Waals surface area contributed by atoms with Crippen LogP contribution in [0.2, 0.25) is 0 Å². The van der Waals surface area contributed by atoms with Gasteiger partial charge >= 0.3 is 0 Å². The molecule has 80 valence electrons. The molecule has 4 heteroatoms. The fraction of sp³-hybridized carbons (Fsp3) is 0.167. The Balaban J connectivity index is 2.09. The van der Waals surface area contributed by atoms with Gasteiger partial charge in [0.15, 0.2) is 0 Å². The van der Waals surface area contributed by atoms with Crippen LogP contribution in [0.25, 0.3) is 5.57 Å². The minimum atomic E-state index is -0.385. The zero-order valence-corrected chi connectivity index (χ0v) is 8.46. The van der Waals surface area contributed by atoms with E-state index in [2.05, 4.69) is 10.8 Å². The summed E-state index contributed by atoms with van der Waals surface area (Å²) in [6.45, 7) is 0. The molecule has 0 radical (unpaired) electrons. The Morgan fingerprint density at radius 2 is 2.31 bits per heavy atom. The molecule has 1 heterocycles. The molecule has 1 atom stereocenters. The van der Waals surface area contributed by atoms with Gasteiger partial charge in [-0.25, -0.2) is 0 Å². The lowest BCUT2D eigenvalue weighted by Crippen LogP contribution is -2.09. The monoisotopic (exact) mass is 216 g/mol. The second kappa shape index (κ2) is 3.20. The molecule has 0 aromatic heterocycles. The van der Waals surface area contributed by atoms with Crippen LogP contribution in [-0.4, -0.2) is 15.8 Å². The van der Waals surface area contributed by atoms with Gasteiger partial charge in [-0.1, -0.05) is 12.2 Å². The Bertz CT molecular complexity index is 531. The van der Waals surface area contributed by atoms with E-state index < -0.39 is 0 Å². The van der Waals surface area contributed by atoms with Gasteiger partial charge in [0.1, 0.15) is 6.07 Å². The van der Waals surface area contributed by atoms with Crippen molar-refractivity contribution in [1.29, 1.82) is 0 Å². The average molecular weight is 216 g/mol. The Morgan fingerprint density at radius 1 is 1.44 bits per heavy atom. The Kier molecular flexibility index (Phi) is 1.83. The third kappa shape index (κ3) is 1.23. The highest BCUT2D eigenvalue weighted by Gasteiger charge is 2.34. The van der Waals surface area contributed by atoms with Crippen LogP contribution in [0.15, 0.2) is 36.4 Å². The molecule has 2 aliphatic rings. The Labute approximate surface area is 92.0 Å². The van der Waals surface area contributed by atoms with Gasteiger partial charge in [-0.2, -0.15) is 0 Å². The first-order valence-corrected chi connectivity index (χ1v) is 5.12. The minimum absolute atomic E-state index is 0.106. The fourth-order valence-corrected chi connectivity index (χ4v) is 2.16. The van der Waals surface area contributed by atoms with Crippen molar-refractivity contribution in [3.8, 4) is 5.75 Å². The van der Waals surface area contributed by atoms with Gasteiger partial charge in [0, 0.05) is 6.07 Å². The highest BCUT2D eigenvalue weighted by atomic mass is 16.6. The molecule has 0 saturated carbocycles. The van der Waals surface area contributed by atoms with Crippen molar-refractivity contribution in [2.75, 3.05) is 0 Å². The SMILES string of the molecule is O=[N+]([O-])c1ccc2c(c1)[OH+]C1CC=CC=C21. The number of nitrogens with zero attached hydrogens (tertiary/aromatic N) is 1. The van der Waals surface area contributed by atoms with Crippen molar-refractivity contribution >= 4 is 11.3 Å². The maximum atomic E-state index is 10.7. The first-order chi connectivity index (χ1) is 7.75. The number of allylic oxidation sites excluding steroid dienone is 2. The third-order valence-electron chi connectivity index (χ3n) is 2.93. The number of nitro benzene ring substituents is 1. The van der Waals surface area contributed by atoms with Gasteiger partial charge in [0.05, 0.1) is 22.5 Å². The highest BCUT2D eigenvalue weighted by molar-refractivity contribution is 5.79. The van der Waals surface area contributed by atoms with Crippen LogP contribution in [0, 0.1) is 10.1 Å². The number of aromatic hydroxyl groups is 1. The average Bonchev–Trinajstić information content (AvgIpc) is 2.66. The number of aliphatic hydroxyl groups is 1. The van der Waals surface area contributed by atoms with Crippen LogP contribution in [0.4, 0.5) is 5.69 Å². The van der Waals surface area contributed by atoms with E-state index in [0.29, 0.717) is 0 Å². The van der Waals surface area contributed by atoms with Crippen LogP contribution < -0.4 is 0 Å². The number of benzene rings is 1. The maximum Gasteiger partial charge on any atom is 0.278 e. The van der Waals surface area contributed by atoms with Gasteiger partial charge in [-0.15, -0.1) is 0 Å². The summed E-state index contributed by atoms with van der Waals surface area (Å²) in [5.41, 5.74) is 2.31. The van der Waals surface area contributed by atoms with E-state index in [4.69, 9.17) is 0 Å². The van der Waals surface area contributed by atoms with E-state index in [-0.39, 0.29) is 16.7 Å². The van der Waals surface area contributed by atoms with Crippen LogP contribution in [-0.2, 0) is 0 Å². The van der Waals surface area contributed by atoms with Gasteiger partial charge < -0.3 is 4.74 Å². The largest absolute Gasteiger partial charge is 0.576 e. The second-order valence-corrected chi connectivity index (χ2v) is 3.89. The summed E-state index contributed by atoms with van der Waals surface area (Å²) in [6.07, 6.45) is 7.15. The molecule has 0 amide bonds. The predicted octanol–water partition coefficient (Wildman–Crippen LogP) is 2.56. The van der Waals surface area contributed by atoms with E-state index in [9.17, 15) is 10.1 Å². The molecule has 1 aromatic rings. The normalized spacial score (nSPS) is 20.8. The molecular formula is C12H10NO3+. The Morgan fingerprint density at radius 3 is 3.12 bits per heavy atom. The summed E-state index contributed by atoms with van der Waals surface area (Å²) < 4.78 is 4.49. The van der Waals surface area contributed by atoms with Crippen molar-refractivity contribution < 1.29 is 9.66 Å². The first kappa shape index (κ1) is 9.15. The van der Waals surface area contributed by atoms with E-state index in [0.717, 1.165) is 17.7 Å². The fourth-order valence-electron chi connectivity index (χ4n) is 2.16. The number of nitro groups is 1. The van der Waals surface area contributed by atoms with Crippen molar-refractivity contribution in [3.63, 3.8) is 0 Å². The maximum absolute atomic E-state index is 10.7. The quantitative estimate of drug-likeness (QED) is 0.411. The summed E-state index contributed by atoms with van der Waals surface area (Å²) in [6, 6.07) is 4.88. The summed E-state index contributed by atoms with van der Waals surface area (Å²) in [7, 11) is 0. The third-order valence-corrected chi connectivity index (χ3v) is 2.93. The van der Waals surface area contributed by atoms with E-state index in [1.54, 1.807) is 12.1 Å². The molecule has 1 unspecified atom stereocenters. The minimum Gasteiger partial charge on any atom is -0.576 e. The predicted molar refractivity (Wildman–Crippen MR) is 60.3 cm³/mol. The summed E-state index contributed by atoms with van der Waals surface area (Å²) in [5.74, 6) is 0.745. The lowest BCUT2D eigenvalue weighted by Gasteiger charge is -2.09. The molecule has 1 aliphatic carbocycles. The van der Waals surface area contributed by atoms with E-state index in [1.165, 1.54) is 11.6 Å². The first-order valence-electron chi connectivity index (χ1n) is 5.12. The van der Waals surface area contributed by atoms with Crippen molar-refractivity contribution in [2.45, 2.75) is 12.5 Å². The number of hydrogen-bond donors (Lipinski definition) is 0. The van der Waals surface area contributed by atoms with Crippen molar-refractivity contribution in [3.05, 3.63) is 52.1 Å². The molecule has 3 rings (SSSR count). The van der Waals surface area contributed by atoms with E-state index >= 15 is 0 Å². The molecule has 1 N–H and O–H groups in total. The molecule has 1 aliphatic heterocycles. The van der Waals surface area contributed by atoms with Crippen LogP contribution in [0.1, 0.15) is 12.0 Å². The number of ether oxygens (including phenoxy) is 1. The standard InChI is InChI=1S/C12H9NO3/c14-13(15)8-5-6-10-9-3-1-2-4-11(9)16-12(10)7-8/h1-3,5-7,11H,4H2/p+1. The Hall–Kier alpha value is -2.10. The summed E-state index contributed by atoms with van der Waals surface area (Å²) in [4.78, 5) is 10.3. The topological polar surface area (TPSA) is 55.9 Å². The number of hydrogen-bond acceptors (Lipinski definition) is 2. The number of non-ortho nitro benzene ring substituents is 1. The lowest BCUT2D eigenvalue weighted by molar-refractivity contribution is -0.385. The lowest BCUT2D eigenvalue weighted by atomic mass is 9.97. The van der Waals surface area contributed by atoms with Gasteiger partial charge in [0.25, 0.3) is 11.4 Å². The second-order valence-electron chi connectivity index (χ2n) is 3.89. The molecule has 0 fully saturated rings. The molecule has 0 saturated heterocycles. The van der Waals surface area contributed by atoms with Crippen molar-refractivity contribution in [1.82, 2.24) is 0 Å². The summed E-state index contributed by atoms with van der Waals surface area (Å²) >= 11 is 0. The molecular weight excluding hydrogens is 206 g/mol. The van der Waals surface area contributed by atoms with Crippen LogP contribution >= 0.6 is 0 Å². The molecule has 4 nitrogen and oxygen atoms in total. The number of rotatable bonds is 1. The van der Waals surface area contributed by atoms with Crippen LogP contribution in [0.5, 0.6) is 5.75 Å². The smallest absolute Gasteiger partial charge is 0.278 e. The number of fused-ring (bicyclic) bond motifs is 3. The van der Waals surface area contributed by atoms with Gasteiger partial charge in [0.2, 0.25) is 6.10 Å². The highest BCUT2D eigenvalue weighted by Crippen LogP contribution is 2.42. The van der Waals surface area contributed by atoms with E-state index in [1.807, 2.05) is 12.2 Å². The summed E-state index contributed by atoms with van der Waals surface area (Å²) in [5, 5.41) is 10.7. The van der Waals surface area contributed by atoms with Gasteiger partial charge in [-0.05, 0) is 12.1 Å². The molecule has 0 bridgehead atoms. The molecule has 0 spiro atoms. The zero-order valence-electron chi connectivity index (χ0n) is 8.46. The molecule has 1 aromatic carbocycles. The van der Waals surface area contributed by atoms with Crippen molar-refractivity contribution in [2.24, 2.45) is 0 Å². The van der Waals surface area contributed by atoms with Gasteiger partial charge in [-0.3, -0.25) is 10.1 Å². The zero-order chi connectivity index (χ0) is 11.1. The van der Waals surface area contributed by atoms with Crippen LogP contribution in [0.3, 0.4) is 0 Å².